The lowest BCUT2D eigenvalue weighted by atomic mass is 10.3. The maximum Gasteiger partial charge on any atom is 0.263 e. The highest BCUT2D eigenvalue weighted by Crippen LogP contribution is 2.21. The first-order valence-corrected chi connectivity index (χ1v) is 6.75. The number of hydrogen-bond acceptors (Lipinski definition) is 4. The number of rotatable bonds is 4. The summed E-state index contributed by atoms with van der Waals surface area (Å²) in [6.45, 7) is 3.20. The maximum absolute atomic E-state index is 12.1. The van der Waals surface area contributed by atoms with Crippen molar-refractivity contribution in [3.63, 3.8) is 0 Å². The molecule has 2 heterocycles. The average Bonchev–Trinajstić information content (AvgIpc) is 2.91. The molecule has 2 aromatic heterocycles. The minimum atomic E-state index is -3.67. The highest BCUT2D eigenvalue weighted by atomic mass is 32.2. The number of aromatic nitrogens is 3. The molecule has 0 atom stereocenters. The van der Waals surface area contributed by atoms with E-state index in [1.807, 2.05) is 0 Å². The molecule has 0 bridgehead atoms. The molecule has 0 amide bonds. The number of aliphatic hydroxyl groups excluding tert-OH is 1. The third-order valence-electron chi connectivity index (χ3n) is 2.56. The van der Waals surface area contributed by atoms with Gasteiger partial charge in [-0.25, -0.2) is 8.42 Å². The van der Waals surface area contributed by atoms with Crippen molar-refractivity contribution < 1.29 is 13.5 Å². The van der Waals surface area contributed by atoms with Crippen LogP contribution < -0.4 is 4.72 Å². The second kappa shape index (κ2) is 4.46. The average molecular weight is 270 g/mol. The van der Waals surface area contributed by atoms with E-state index in [0.29, 0.717) is 22.8 Å². The molecule has 0 aliphatic rings. The van der Waals surface area contributed by atoms with E-state index in [4.69, 9.17) is 5.11 Å². The van der Waals surface area contributed by atoms with E-state index in [1.54, 1.807) is 13.8 Å². The topological polar surface area (TPSA) is 111 Å². The molecule has 0 unspecified atom stereocenters. The van der Waals surface area contributed by atoms with E-state index in [0.717, 1.165) is 0 Å². The van der Waals surface area contributed by atoms with Gasteiger partial charge in [0.25, 0.3) is 10.0 Å². The molecule has 7 nitrogen and oxygen atoms in total. The Morgan fingerprint density at radius 1 is 1.44 bits per heavy atom. The molecule has 0 saturated carbocycles. The van der Waals surface area contributed by atoms with E-state index in [9.17, 15) is 8.42 Å². The van der Waals surface area contributed by atoms with Crippen molar-refractivity contribution in [2.75, 3.05) is 4.72 Å². The Morgan fingerprint density at radius 3 is 2.67 bits per heavy atom. The summed E-state index contributed by atoms with van der Waals surface area (Å²) < 4.78 is 26.6. The van der Waals surface area contributed by atoms with Gasteiger partial charge in [-0.05, 0) is 19.9 Å². The summed E-state index contributed by atoms with van der Waals surface area (Å²) in [5.41, 5.74) is 2.11. The van der Waals surface area contributed by atoms with Crippen LogP contribution in [-0.4, -0.2) is 28.7 Å². The summed E-state index contributed by atoms with van der Waals surface area (Å²) in [7, 11) is -3.67. The van der Waals surface area contributed by atoms with E-state index in [-0.39, 0.29) is 11.5 Å². The Balaban J connectivity index is 2.33. The van der Waals surface area contributed by atoms with Crippen LogP contribution in [-0.2, 0) is 16.6 Å². The van der Waals surface area contributed by atoms with Crippen LogP contribution in [0.1, 0.15) is 17.1 Å². The van der Waals surface area contributed by atoms with E-state index < -0.39 is 10.0 Å². The first kappa shape index (κ1) is 12.7. The highest BCUT2D eigenvalue weighted by molar-refractivity contribution is 7.92. The fraction of sp³-hybridized carbons (Fsp3) is 0.300. The first-order valence-electron chi connectivity index (χ1n) is 5.26. The lowest BCUT2D eigenvalue weighted by Gasteiger charge is -2.05. The molecule has 0 aliphatic heterocycles. The Labute approximate surface area is 104 Å². The molecule has 2 rings (SSSR count). The van der Waals surface area contributed by atoms with Crippen LogP contribution in [0.25, 0.3) is 0 Å². The van der Waals surface area contributed by atoms with Crippen LogP contribution in [0.2, 0.25) is 0 Å². The SMILES string of the molecule is Cc1n[nH]c(C)c1NS(=O)(=O)c1c[nH]c(CO)c1. The van der Waals surface area contributed by atoms with Crippen LogP contribution in [0.4, 0.5) is 5.69 Å². The molecule has 8 heteroatoms. The normalized spacial score (nSPS) is 11.7. The summed E-state index contributed by atoms with van der Waals surface area (Å²) in [6.07, 6.45) is 1.33. The molecular formula is C10H14N4O3S. The van der Waals surface area contributed by atoms with Gasteiger partial charge in [0.2, 0.25) is 0 Å². The predicted molar refractivity (Wildman–Crippen MR) is 65.6 cm³/mol. The van der Waals surface area contributed by atoms with Gasteiger partial charge in [0.05, 0.1) is 23.7 Å². The molecular weight excluding hydrogens is 256 g/mol. The Hall–Kier alpha value is -1.80. The van der Waals surface area contributed by atoms with Crippen molar-refractivity contribution in [2.45, 2.75) is 25.3 Å². The molecule has 0 aromatic carbocycles. The first-order chi connectivity index (χ1) is 8.44. The van der Waals surface area contributed by atoms with E-state index in [1.165, 1.54) is 12.3 Å². The molecule has 4 N–H and O–H groups in total. The van der Waals surface area contributed by atoms with Gasteiger partial charge >= 0.3 is 0 Å². The second-order valence-electron chi connectivity index (χ2n) is 3.93. The van der Waals surface area contributed by atoms with Gasteiger partial charge in [0, 0.05) is 11.9 Å². The minimum absolute atomic E-state index is 0.0755. The van der Waals surface area contributed by atoms with Crippen molar-refractivity contribution in [3.8, 4) is 0 Å². The molecule has 0 fully saturated rings. The summed E-state index contributed by atoms with van der Waals surface area (Å²) in [5, 5.41) is 15.5. The number of nitrogens with zero attached hydrogens (tertiary/aromatic N) is 1. The van der Waals surface area contributed by atoms with Crippen LogP contribution in [0.5, 0.6) is 0 Å². The standard InChI is InChI=1S/C10H14N4O3S/c1-6-10(7(2)13-12-6)14-18(16,17)9-3-8(5-15)11-4-9/h3-4,11,14-15H,5H2,1-2H3,(H,12,13). The zero-order chi connectivity index (χ0) is 13.3. The number of aliphatic hydroxyl groups is 1. The number of sulfonamides is 1. The predicted octanol–water partition coefficient (Wildman–Crippen LogP) is 0.648. The third-order valence-corrected chi connectivity index (χ3v) is 3.89. The van der Waals surface area contributed by atoms with Crippen molar-refractivity contribution in [1.82, 2.24) is 15.2 Å². The number of aryl methyl sites for hydroxylation is 2. The third kappa shape index (κ3) is 2.24. The van der Waals surface area contributed by atoms with Gasteiger partial charge in [-0.15, -0.1) is 0 Å². The second-order valence-corrected chi connectivity index (χ2v) is 5.62. The molecule has 0 radical (unpaired) electrons. The van der Waals surface area contributed by atoms with Crippen molar-refractivity contribution in [1.29, 1.82) is 0 Å². The maximum atomic E-state index is 12.1. The van der Waals surface area contributed by atoms with E-state index in [2.05, 4.69) is 19.9 Å². The van der Waals surface area contributed by atoms with Crippen molar-refractivity contribution in [3.05, 3.63) is 29.3 Å². The van der Waals surface area contributed by atoms with Crippen LogP contribution in [0.15, 0.2) is 17.2 Å². The molecule has 0 aliphatic carbocycles. The van der Waals surface area contributed by atoms with Crippen LogP contribution >= 0.6 is 0 Å². The van der Waals surface area contributed by atoms with Gasteiger partial charge in [0.15, 0.2) is 0 Å². The monoisotopic (exact) mass is 270 g/mol. The summed E-state index contributed by atoms with van der Waals surface area (Å²) in [6, 6.07) is 1.38. The summed E-state index contributed by atoms with van der Waals surface area (Å²) in [4.78, 5) is 2.75. The summed E-state index contributed by atoms with van der Waals surface area (Å²) in [5.74, 6) is 0. The van der Waals surface area contributed by atoms with Gasteiger partial charge in [-0.2, -0.15) is 5.10 Å². The number of hydrogen-bond donors (Lipinski definition) is 4. The van der Waals surface area contributed by atoms with E-state index >= 15 is 0 Å². The zero-order valence-electron chi connectivity index (χ0n) is 9.98. The molecule has 0 saturated heterocycles. The molecule has 0 spiro atoms. The summed E-state index contributed by atoms with van der Waals surface area (Å²) >= 11 is 0. The smallest absolute Gasteiger partial charge is 0.263 e. The number of aromatic amines is 2. The lowest BCUT2D eigenvalue weighted by Crippen LogP contribution is -2.13. The fourth-order valence-corrected chi connectivity index (χ4v) is 2.76. The largest absolute Gasteiger partial charge is 0.390 e. The molecule has 18 heavy (non-hydrogen) atoms. The molecule has 2 aromatic rings. The Kier molecular flexibility index (Phi) is 3.14. The number of H-pyrrole nitrogens is 2. The van der Waals surface area contributed by atoms with Gasteiger partial charge in [-0.3, -0.25) is 9.82 Å². The van der Waals surface area contributed by atoms with Gasteiger partial charge in [0.1, 0.15) is 4.90 Å². The molecule has 98 valence electrons. The van der Waals surface area contributed by atoms with Crippen molar-refractivity contribution in [2.24, 2.45) is 0 Å². The lowest BCUT2D eigenvalue weighted by molar-refractivity contribution is 0.277. The van der Waals surface area contributed by atoms with Gasteiger partial charge in [-0.1, -0.05) is 0 Å². The Morgan fingerprint density at radius 2 is 2.17 bits per heavy atom. The fourth-order valence-electron chi connectivity index (χ4n) is 1.56. The highest BCUT2D eigenvalue weighted by Gasteiger charge is 2.19. The van der Waals surface area contributed by atoms with Crippen LogP contribution in [0.3, 0.4) is 0 Å². The zero-order valence-corrected chi connectivity index (χ0v) is 10.8. The van der Waals surface area contributed by atoms with Gasteiger partial charge < -0.3 is 10.1 Å². The number of nitrogens with one attached hydrogen (secondary N) is 3. The number of anilines is 1. The quantitative estimate of drug-likeness (QED) is 0.653. The van der Waals surface area contributed by atoms with Crippen molar-refractivity contribution >= 4 is 15.7 Å². The van der Waals surface area contributed by atoms with Crippen LogP contribution in [0, 0.1) is 13.8 Å². The Bertz CT molecular complexity index is 637. The minimum Gasteiger partial charge on any atom is -0.390 e.